The normalized spacial score (nSPS) is 14.5. The highest BCUT2D eigenvalue weighted by atomic mass is 35.5. The third kappa shape index (κ3) is 8.08. The highest BCUT2D eigenvalue weighted by Gasteiger charge is 2.36. The number of sulfonamides is 2. The number of nitrogens with zero attached hydrogens (tertiary/aromatic N) is 4. The average Bonchev–Trinajstić information content (AvgIpc) is 3.37. The maximum absolute atomic E-state index is 14.1. The Kier molecular flexibility index (Phi) is 10.5. The van der Waals surface area contributed by atoms with Gasteiger partial charge in [0.2, 0.25) is 20.0 Å². The third-order valence-corrected chi connectivity index (χ3v) is 12.7. The van der Waals surface area contributed by atoms with Crippen LogP contribution in [0, 0.1) is 0 Å². The van der Waals surface area contributed by atoms with Gasteiger partial charge in [0.25, 0.3) is 0 Å². The van der Waals surface area contributed by atoms with Gasteiger partial charge in [0.15, 0.2) is 17.2 Å². The standard InChI is InChI=1S/C30H29ClN4O9S3/c31-26-27(44-17-25(36)37)29(30(38)39)45-28(26)22-2-1-3-24(16-22)35(47(42,43)19-21-6-12-33-13-7-21)23-8-14-34(15-9-23)46(40,41)18-20-4-10-32-11-5-20/h1-7,10-13,16,23H,8-9,14-15,17-19H2,(H,36,37)(H,38,39). The lowest BCUT2D eigenvalue weighted by Gasteiger charge is -2.38. The van der Waals surface area contributed by atoms with E-state index in [4.69, 9.17) is 21.4 Å². The van der Waals surface area contributed by atoms with Gasteiger partial charge in [-0.05, 0) is 65.9 Å². The molecule has 5 rings (SSSR count). The molecule has 13 nitrogen and oxygen atoms in total. The molecule has 1 fully saturated rings. The Hall–Kier alpha value is -4.09. The van der Waals surface area contributed by atoms with E-state index >= 15 is 0 Å². The van der Waals surface area contributed by atoms with Crippen molar-refractivity contribution in [2.45, 2.75) is 30.4 Å². The van der Waals surface area contributed by atoms with E-state index in [2.05, 4.69) is 9.97 Å². The predicted molar refractivity (Wildman–Crippen MR) is 176 cm³/mol. The van der Waals surface area contributed by atoms with Crippen LogP contribution < -0.4 is 9.04 Å². The summed E-state index contributed by atoms with van der Waals surface area (Å²) < 4.78 is 62.5. The Labute approximate surface area is 280 Å². The van der Waals surface area contributed by atoms with Crippen LogP contribution in [-0.2, 0) is 36.3 Å². The van der Waals surface area contributed by atoms with Gasteiger partial charge >= 0.3 is 11.9 Å². The van der Waals surface area contributed by atoms with E-state index in [9.17, 15) is 31.5 Å². The van der Waals surface area contributed by atoms with Gasteiger partial charge in [0.05, 0.1) is 22.1 Å². The maximum Gasteiger partial charge on any atom is 0.349 e. The quantitative estimate of drug-likeness (QED) is 0.200. The lowest BCUT2D eigenvalue weighted by Crippen LogP contribution is -2.49. The van der Waals surface area contributed by atoms with Gasteiger partial charge in [0, 0.05) is 43.9 Å². The minimum Gasteiger partial charge on any atom is -0.479 e. The van der Waals surface area contributed by atoms with Crippen LogP contribution in [0.3, 0.4) is 0 Å². The summed E-state index contributed by atoms with van der Waals surface area (Å²) in [6.45, 7) is -0.613. The number of pyridine rings is 2. The molecule has 2 N–H and O–H groups in total. The molecule has 1 aliphatic rings. The number of hydrogen-bond donors (Lipinski definition) is 2. The number of benzene rings is 1. The molecule has 17 heteroatoms. The SMILES string of the molecule is O=C(O)COc1c(C(=O)O)sc(-c2cccc(N(C3CCN(S(=O)(=O)Cc4ccncc4)CC3)S(=O)(=O)Cc3ccncc3)c2)c1Cl. The van der Waals surface area contributed by atoms with E-state index in [1.54, 1.807) is 48.5 Å². The number of carboxylic acids is 2. The average molecular weight is 721 g/mol. The summed E-state index contributed by atoms with van der Waals surface area (Å²) in [5.41, 5.74) is 1.75. The molecule has 1 aromatic carbocycles. The first-order chi connectivity index (χ1) is 22.4. The molecule has 0 radical (unpaired) electrons. The smallest absolute Gasteiger partial charge is 0.349 e. The highest BCUT2D eigenvalue weighted by Crippen LogP contribution is 2.46. The van der Waals surface area contributed by atoms with Crippen LogP contribution in [0.1, 0.15) is 33.6 Å². The Balaban J connectivity index is 1.48. The summed E-state index contributed by atoms with van der Waals surface area (Å²) in [5.74, 6) is -3.54. The van der Waals surface area contributed by atoms with Crippen molar-refractivity contribution < 1.29 is 41.4 Å². The number of hydrogen-bond acceptors (Lipinski definition) is 10. The number of carboxylic acid groups (broad SMARTS) is 2. The highest BCUT2D eigenvalue weighted by molar-refractivity contribution is 7.92. The van der Waals surface area contributed by atoms with Crippen molar-refractivity contribution in [2.24, 2.45) is 0 Å². The summed E-state index contributed by atoms with van der Waals surface area (Å²) in [5, 5.41) is 18.6. The summed E-state index contributed by atoms with van der Waals surface area (Å²) in [6, 6.07) is 12.2. The van der Waals surface area contributed by atoms with Crippen molar-refractivity contribution >= 4 is 60.6 Å². The molecule has 0 amide bonds. The fourth-order valence-electron chi connectivity index (χ4n) is 5.26. The zero-order valence-corrected chi connectivity index (χ0v) is 27.8. The minimum absolute atomic E-state index is 0.0993. The van der Waals surface area contributed by atoms with E-state index < -0.39 is 44.6 Å². The number of rotatable bonds is 13. The second kappa shape index (κ2) is 14.4. The van der Waals surface area contributed by atoms with Gasteiger partial charge in [-0.15, -0.1) is 11.3 Å². The van der Waals surface area contributed by atoms with Gasteiger partial charge < -0.3 is 14.9 Å². The zero-order valence-electron chi connectivity index (χ0n) is 24.6. The molecule has 0 atom stereocenters. The van der Waals surface area contributed by atoms with E-state index in [-0.39, 0.29) is 63.7 Å². The molecule has 0 aliphatic carbocycles. The Morgan fingerprint density at radius 3 is 2.11 bits per heavy atom. The van der Waals surface area contributed by atoms with Crippen molar-refractivity contribution in [3.63, 3.8) is 0 Å². The van der Waals surface area contributed by atoms with Crippen LogP contribution in [-0.4, -0.2) is 79.0 Å². The lowest BCUT2D eigenvalue weighted by molar-refractivity contribution is -0.139. The zero-order chi connectivity index (χ0) is 33.8. The fraction of sp³-hybridized carbons (Fsp3) is 0.267. The Morgan fingerprint density at radius 1 is 0.936 bits per heavy atom. The monoisotopic (exact) mass is 720 g/mol. The van der Waals surface area contributed by atoms with Crippen molar-refractivity contribution in [2.75, 3.05) is 24.0 Å². The van der Waals surface area contributed by atoms with E-state index in [0.717, 1.165) is 11.3 Å². The molecule has 4 heterocycles. The second-order valence-electron chi connectivity index (χ2n) is 10.6. The first-order valence-electron chi connectivity index (χ1n) is 14.1. The molecule has 1 saturated heterocycles. The van der Waals surface area contributed by atoms with Crippen molar-refractivity contribution in [3.05, 3.63) is 94.3 Å². The molecular formula is C30H29ClN4O9S3. The van der Waals surface area contributed by atoms with Crippen molar-refractivity contribution in [1.82, 2.24) is 14.3 Å². The topological polar surface area (TPSA) is 184 Å². The largest absolute Gasteiger partial charge is 0.479 e. The maximum atomic E-state index is 14.1. The third-order valence-electron chi connectivity index (χ3n) is 7.35. The number of aromatic carboxylic acids is 1. The number of aliphatic carboxylic acids is 1. The number of halogens is 1. The number of ether oxygens (including phenoxy) is 1. The predicted octanol–water partition coefficient (Wildman–Crippen LogP) is 4.35. The molecule has 0 saturated carbocycles. The molecule has 3 aromatic heterocycles. The molecule has 4 aromatic rings. The van der Waals surface area contributed by atoms with Gasteiger partial charge in [-0.3, -0.25) is 14.3 Å². The summed E-state index contributed by atoms with van der Waals surface area (Å²) >= 11 is 7.28. The second-order valence-corrected chi connectivity index (χ2v) is 15.8. The summed E-state index contributed by atoms with van der Waals surface area (Å²) in [4.78, 5) is 30.8. The van der Waals surface area contributed by atoms with Gasteiger partial charge in [-0.2, -0.15) is 0 Å². The summed E-state index contributed by atoms with van der Waals surface area (Å²) in [6.07, 6.45) is 6.45. The van der Waals surface area contributed by atoms with Crippen LogP contribution in [0.5, 0.6) is 5.75 Å². The van der Waals surface area contributed by atoms with E-state index in [0.29, 0.717) is 16.7 Å². The number of anilines is 1. The van der Waals surface area contributed by atoms with Crippen LogP contribution in [0.25, 0.3) is 10.4 Å². The lowest BCUT2D eigenvalue weighted by atomic mass is 10.1. The molecule has 47 heavy (non-hydrogen) atoms. The summed E-state index contributed by atoms with van der Waals surface area (Å²) in [7, 11) is -7.74. The van der Waals surface area contributed by atoms with Gasteiger partial charge in [0.1, 0.15) is 5.02 Å². The van der Waals surface area contributed by atoms with Crippen molar-refractivity contribution in [1.29, 1.82) is 0 Å². The van der Waals surface area contributed by atoms with Crippen molar-refractivity contribution in [3.8, 4) is 16.2 Å². The number of piperidine rings is 1. The molecule has 1 aliphatic heterocycles. The molecule has 0 bridgehead atoms. The van der Waals surface area contributed by atoms with Gasteiger partial charge in [-0.1, -0.05) is 23.7 Å². The Bertz CT molecular complexity index is 1970. The molecule has 0 unspecified atom stereocenters. The molecule has 248 valence electrons. The first-order valence-corrected chi connectivity index (χ1v) is 18.6. The van der Waals surface area contributed by atoms with E-state index in [1.165, 1.54) is 33.4 Å². The van der Waals surface area contributed by atoms with Crippen LogP contribution >= 0.6 is 22.9 Å². The first kappa shape index (κ1) is 34.3. The van der Waals surface area contributed by atoms with Crippen LogP contribution in [0.4, 0.5) is 5.69 Å². The van der Waals surface area contributed by atoms with Gasteiger partial charge in [-0.25, -0.2) is 30.7 Å². The van der Waals surface area contributed by atoms with Crippen LogP contribution in [0.2, 0.25) is 5.02 Å². The number of thiophene rings is 1. The fourth-order valence-corrected chi connectivity index (χ4v) is 10.1. The molecule has 0 spiro atoms. The van der Waals surface area contributed by atoms with Crippen LogP contribution in [0.15, 0.2) is 73.3 Å². The minimum atomic E-state index is -4.06. The Morgan fingerprint density at radius 2 is 1.53 bits per heavy atom. The number of carbonyl (C=O) groups is 2. The molecular weight excluding hydrogens is 692 g/mol. The van der Waals surface area contributed by atoms with E-state index in [1.807, 2.05) is 0 Å². The number of aromatic nitrogens is 2.